The quantitative estimate of drug-likeness (QED) is 0.221. The second-order valence-electron chi connectivity index (χ2n) is 7.33. The first-order valence-corrected chi connectivity index (χ1v) is 10.2. The molecule has 4 rings (SSSR count). The third-order valence-corrected chi connectivity index (χ3v) is 5.18. The fourth-order valence-electron chi connectivity index (χ4n) is 3.47. The maximum absolute atomic E-state index is 13.1. The monoisotopic (exact) mass is 443 g/mol. The van der Waals surface area contributed by atoms with Crippen molar-refractivity contribution in [2.24, 2.45) is 0 Å². The van der Waals surface area contributed by atoms with Crippen LogP contribution in [0.5, 0.6) is 0 Å². The van der Waals surface area contributed by atoms with Crippen molar-refractivity contribution in [3.63, 3.8) is 0 Å². The first kappa shape index (κ1) is 21.7. The molecule has 5 N–H and O–H groups in total. The SMILES string of the molecule is O=C(NO)c1ccc(NC(=O)[C@H](Cc2c[nH]c3ccccc23)NC(=O)c2ccncc2)cc1. The molecule has 1 atom stereocenters. The van der Waals surface area contributed by atoms with E-state index in [2.05, 4.69) is 20.6 Å². The van der Waals surface area contributed by atoms with Gasteiger partial charge in [-0.3, -0.25) is 24.6 Å². The van der Waals surface area contributed by atoms with Crippen LogP contribution in [0.1, 0.15) is 26.3 Å². The minimum absolute atomic E-state index is 0.233. The lowest BCUT2D eigenvalue weighted by Crippen LogP contribution is -2.45. The standard InChI is InChI=1S/C24H21N5O4/c30-22(16-9-11-25-12-10-16)28-21(13-17-14-26-20-4-2-1-3-19(17)20)24(32)27-18-7-5-15(6-8-18)23(31)29-33/h1-12,14,21,26,33H,13H2,(H,27,32)(H,28,30)(H,29,31)/t21-/m0/s1. The molecule has 9 heteroatoms. The van der Waals surface area contributed by atoms with Crippen LogP contribution < -0.4 is 16.1 Å². The van der Waals surface area contributed by atoms with Crippen LogP contribution in [0.2, 0.25) is 0 Å². The van der Waals surface area contributed by atoms with Gasteiger partial charge < -0.3 is 15.6 Å². The number of aromatic amines is 1. The fraction of sp³-hybridized carbons (Fsp3) is 0.0833. The van der Waals surface area contributed by atoms with Crippen molar-refractivity contribution in [1.82, 2.24) is 20.8 Å². The summed E-state index contributed by atoms with van der Waals surface area (Å²) in [4.78, 5) is 44.5. The van der Waals surface area contributed by atoms with E-state index in [1.54, 1.807) is 17.6 Å². The van der Waals surface area contributed by atoms with E-state index in [9.17, 15) is 14.4 Å². The van der Waals surface area contributed by atoms with Gasteiger partial charge in [0.2, 0.25) is 5.91 Å². The second-order valence-corrected chi connectivity index (χ2v) is 7.33. The second kappa shape index (κ2) is 9.75. The van der Waals surface area contributed by atoms with Crippen LogP contribution in [0.4, 0.5) is 5.69 Å². The molecule has 0 saturated carbocycles. The van der Waals surface area contributed by atoms with E-state index in [0.29, 0.717) is 11.3 Å². The van der Waals surface area contributed by atoms with Crippen molar-refractivity contribution in [2.45, 2.75) is 12.5 Å². The van der Waals surface area contributed by atoms with E-state index in [4.69, 9.17) is 5.21 Å². The van der Waals surface area contributed by atoms with Crippen LogP contribution in [-0.4, -0.2) is 38.9 Å². The minimum Gasteiger partial charge on any atom is -0.361 e. The molecule has 0 fully saturated rings. The highest BCUT2D eigenvalue weighted by molar-refractivity contribution is 6.02. The maximum Gasteiger partial charge on any atom is 0.274 e. The van der Waals surface area contributed by atoms with Crippen molar-refractivity contribution >= 4 is 34.3 Å². The van der Waals surface area contributed by atoms with Crippen molar-refractivity contribution in [2.75, 3.05) is 5.32 Å². The van der Waals surface area contributed by atoms with Crippen molar-refractivity contribution in [3.8, 4) is 0 Å². The number of hydroxylamine groups is 1. The minimum atomic E-state index is -0.870. The van der Waals surface area contributed by atoms with Crippen molar-refractivity contribution in [3.05, 3.63) is 95.9 Å². The molecule has 2 aromatic heterocycles. The fourth-order valence-corrected chi connectivity index (χ4v) is 3.47. The normalized spacial score (nSPS) is 11.5. The number of nitrogens with zero attached hydrogens (tertiary/aromatic N) is 1. The highest BCUT2D eigenvalue weighted by Crippen LogP contribution is 2.20. The number of rotatable bonds is 7. The zero-order chi connectivity index (χ0) is 23.2. The average Bonchev–Trinajstić information content (AvgIpc) is 3.27. The van der Waals surface area contributed by atoms with Gasteiger partial charge in [-0.1, -0.05) is 18.2 Å². The first-order chi connectivity index (χ1) is 16.0. The number of carbonyl (C=O) groups excluding carboxylic acids is 3. The number of nitrogens with one attached hydrogen (secondary N) is 4. The van der Waals surface area contributed by atoms with Crippen molar-refractivity contribution < 1.29 is 19.6 Å². The molecule has 33 heavy (non-hydrogen) atoms. The summed E-state index contributed by atoms with van der Waals surface area (Å²) in [5, 5.41) is 15.3. The molecule has 166 valence electrons. The van der Waals surface area contributed by atoms with E-state index >= 15 is 0 Å². The topological polar surface area (TPSA) is 136 Å². The predicted octanol–water partition coefficient (Wildman–Crippen LogP) is 2.66. The van der Waals surface area contributed by atoms with Gasteiger partial charge in [0.15, 0.2) is 0 Å². The molecule has 0 aliphatic rings. The molecule has 2 heterocycles. The summed E-state index contributed by atoms with van der Waals surface area (Å²) in [5.41, 5.74) is 4.44. The molecule has 0 radical (unpaired) electrons. The van der Waals surface area contributed by atoms with Gasteiger partial charge in [0.1, 0.15) is 6.04 Å². The number of H-pyrrole nitrogens is 1. The lowest BCUT2D eigenvalue weighted by molar-refractivity contribution is -0.118. The van der Waals surface area contributed by atoms with Gasteiger partial charge in [0.05, 0.1) is 0 Å². The molecular formula is C24H21N5O4. The maximum atomic E-state index is 13.1. The molecule has 0 unspecified atom stereocenters. The molecule has 0 aliphatic carbocycles. The van der Waals surface area contributed by atoms with Gasteiger partial charge in [-0.05, 0) is 48.0 Å². The van der Waals surface area contributed by atoms with Gasteiger partial charge in [-0.25, -0.2) is 5.48 Å². The zero-order valence-electron chi connectivity index (χ0n) is 17.4. The Bertz CT molecular complexity index is 1290. The van der Waals surface area contributed by atoms with Crippen LogP contribution in [0.3, 0.4) is 0 Å². The summed E-state index contributed by atoms with van der Waals surface area (Å²) in [5.74, 6) is -1.47. The third-order valence-electron chi connectivity index (χ3n) is 5.18. The smallest absolute Gasteiger partial charge is 0.274 e. The molecule has 0 aliphatic heterocycles. The molecule has 9 nitrogen and oxygen atoms in total. The van der Waals surface area contributed by atoms with Crippen LogP contribution in [-0.2, 0) is 11.2 Å². The number of pyridine rings is 1. The Balaban J connectivity index is 1.56. The number of carbonyl (C=O) groups is 3. The largest absolute Gasteiger partial charge is 0.361 e. The van der Waals surface area contributed by atoms with Crippen LogP contribution in [0.15, 0.2) is 79.3 Å². The summed E-state index contributed by atoms with van der Waals surface area (Å²) >= 11 is 0. The van der Waals surface area contributed by atoms with Gasteiger partial charge >= 0.3 is 0 Å². The Morgan fingerprint density at radius 2 is 1.61 bits per heavy atom. The summed E-state index contributed by atoms with van der Waals surface area (Å²) in [6.45, 7) is 0. The lowest BCUT2D eigenvalue weighted by Gasteiger charge is -2.19. The Labute approximate surface area is 188 Å². The van der Waals surface area contributed by atoms with Gasteiger partial charge in [0, 0.05) is 52.7 Å². The van der Waals surface area contributed by atoms with E-state index in [-0.39, 0.29) is 12.0 Å². The van der Waals surface area contributed by atoms with Gasteiger partial charge in [-0.15, -0.1) is 0 Å². The summed E-state index contributed by atoms with van der Waals surface area (Å²) in [6, 6.07) is 16.0. The van der Waals surface area contributed by atoms with E-state index in [0.717, 1.165) is 16.5 Å². The highest BCUT2D eigenvalue weighted by Gasteiger charge is 2.23. The molecule has 3 amide bonds. The first-order valence-electron chi connectivity index (χ1n) is 10.2. The number of fused-ring (bicyclic) bond motifs is 1. The number of aromatic nitrogens is 2. The number of amides is 3. The number of para-hydroxylation sites is 1. The molecule has 2 aromatic carbocycles. The Morgan fingerprint density at radius 3 is 2.33 bits per heavy atom. The Morgan fingerprint density at radius 1 is 0.909 bits per heavy atom. The van der Waals surface area contributed by atoms with Crippen LogP contribution in [0.25, 0.3) is 10.9 Å². The number of anilines is 1. The van der Waals surface area contributed by atoms with Crippen molar-refractivity contribution in [1.29, 1.82) is 0 Å². The zero-order valence-corrected chi connectivity index (χ0v) is 17.4. The number of benzene rings is 2. The van der Waals surface area contributed by atoms with Crippen LogP contribution in [0, 0.1) is 0 Å². The predicted molar refractivity (Wildman–Crippen MR) is 122 cm³/mol. The summed E-state index contributed by atoms with van der Waals surface area (Å²) in [6.07, 6.45) is 5.10. The molecule has 0 saturated heterocycles. The van der Waals surface area contributed by atoms with E-state index in [1.807, 2.05) is 30.5 Å². The molecular weight excluding hydrogens is 422 g/mol. The summed E-state index contributed by atoms with van der Waals surface area (Å²) < 4.78 is 0. The highest BCUT2D eigenvalue weighted by atomic mass is 16.5. The Hall–Kier alpha value is -4.50. The van der Waals surface area contributed by atoms with Gasteiger partial charge in [-0.2, -0.15) is 0 Å². The van der Waals surface area contributed by atoms with Gasteiger partial charge in [0.25, 0.3) is 11.8 Å². The molecule has 4 aromatic rings. The Kier molecular flexibility index (Phi) is 6.42. The lowest BCUT2D eigenvalue weighted by atomic mass is 10.0. The number of hydrogen-bond acceptors (Lipinski definition) is 5. The van der Waals surface area contributed by atoms with Crippen LogP contribution >= 0.6 is 0 Å². The summed E-state index contributed by atoms with van der Waals surface area (Å²) in [7, 11) is 0. The molecule has 0 bridgehead atoms. The molecule has 0 spiro atoms. The average molecular weight is 443 g/mol. The van der Waals surface area contributed by atoms with E-state index < -0.39 is 23.8 Å². The van der Waals surface area contributed by atoms with E-state index in [1.165, 1.54) is 36.7 Å². The third kappa shape index (κ3) is 5.05. The number of hydrogen-bond donors (Lipinski definition) is 5.